The molecular formula is C10H13ClN2O3S. The Hall–Kier alpha value is -1.11. The standard InChI is InChI=1S/C10H13ClN2O3S/c1-12-17(15,16)7-6-13-10(14)8-2-4-9(11)5-3-8/h2-5,12H,6-7H2,1H3,(H,13,14). The molecule has 0 unspecified atom stereocenters. The fourth-order valence-electron chi connectivity index (χ4n) is 1.10. The van der Waals surface area contributed by atoms with Crippen molar-refractivity contribution >= 4 is 27.5 Å². The Labute approximate surface area is 105 Å². The van der Waals surface area contributed by atoms with Crippen LogP contribution in [0.4, 0.5) is 0 Å². The van der Waals surface area contributed by atoms with E-state index in [2.05, 4.69) is 10.0 Å². The van der Waals surface area contributed by atoms with E-state index < -0.39 is 10.0 Å². The van der Waals surface area contributed by atoms with Gasteiger partial charge in [-0.3, -0.25) is 4.79 Å². The average Bonchev–Trinajstić information content (AvgIpc) is 2.29. The molecule has 0 saturated heterocycles. The molecule has 0 atom stereocenters. The normalized spacial score (nSPS) is 11.2. The summed E-state index contributed by atoms with van der Waals surface area (Å²) in [7, 11) is -1.96. The Morgan fingerprint density at radius 1 is 1.29 bits per heavy atom. The Bertz CT molecular complexity index is 485. The third-order valence-electron chi connectivity index (χ3n) is 2.07. The first-order chi connectivity index (χ1) is 7.94. The summed E-state index contributed by atoms with van der Waals surface area (Å²) >= 11 is 5.68. The SMILES string of the molecule is CNS(=O)(=O)CCNC(=O)c1ccc(Cl)cc1. The van der Waals surface area contributed by atoms with Crippen molar-refractivity contribution in [3.63, 3.8) is 0 Å². The maximum absolute atomic E-state index is 11.6. The zero-order valence-electron chi connectivity index (χ0n) is 9.23. The highest BCUT2D eigenvalue weighted by atomic mass is 35.5. The second kappa shape index (κ2) is 6.00. The van der Waals surface area contributed by atoms with Crippen molar-refractivity contribution in [2.75, 3.05) is 19.3 Å². The summed E-state index contributed by atoms with van der Waals surface area (Å²) in [5.41, 5.74) is 0.441. The number of rotatable bonds is 5. The summed E-state index contributed by atoms with van der Waals surface area (Å²) in [6, 6.07) is 6.34. The predicted molar refractivity (Wildman–Crippen MR) is 66.6 cm³/mol. The highest BCUT2D eigenvalue weighted by Gasteiger charge is 2.09. The van der Waals surface area contributed by atoms with Crippen LogP contribution in [0.15, 0.2) is 24.3 Å². The van der Waals surface area contributed by atoms with Crippen LogP contribution in [-0.4, -0.2) is 33.7 Å². The van der Waals surface area contributed by atoms with Gasteiger partial charge in [-0.05, 0) is 31.3 Å². The van der Waals surface area contributed by atoms with E-state index in [1.807, 2.05) is 0 Å². The van der Waals surface area contributed by atoms with Crippen molar-refractivity contribution in [1.82, 2.24) is 10.0 Å². The second-order valence-electron chi connectivity index (χ2n) is 3.29. The van der Waals surface area contributed by atoms with Crippen LogP contribution < -0.4 is 10.0 Å². The monoisotopic (exact) mass is 276 g/mol. The Kier molecular flexibility index (Phi) is 4.92. The van der Waals surface area contributed by atoms with Crippen molar-refractivity contribution in [1.29, 1.82) is 0 Å². The molecule has 1 aromatic rings. The molecule has 0 aliphatic heterocycles. The molecule has 2 N–H and O–H groups in total. The lowest BCUT2D eigenvalue weighted by molar-refractivity contribution is 0.0956. The van der Waals surface area contributed by atoms with Crippen LogP contribution >= 0.6 is 11.6 Å². The molecule has 0 heterocycles. The topological polar surface area (TPSA) is 75.3 Å². The quantitative estimate of drug-likeness (QED) is 0.828. The molecule has 0 aliphatic carbocycles. The van der Waals surface area contributed by atoms with Gasteiger partial charge in [0.25, 0.3) is 5.91 Å². The molecule has 1 amide bonds. The largest absolute Gasteiger partial charge is 0.351 e. The van der Waals surface area contributed by atoms with Gasteiger partial charge in [-0.15, -0.1) is 0 Å². The lowest BCUT2D eigenvalue weighted by Gasteiger charge is -2.05. The number of carbonyl (C=O) groups is 1. The number of hydrogen-bond donors (Lipinski definition) is 2. The molecule has 0 saturated carbocycles. The molecule has 94 valence electrons. The summed E-state index contributed by atoms with van der Waals surface area (Å²) in [5.74, 6) is -0.476. The lowest BCUT2D eigenvalue weighted by atomic mass is 10.2. The van der Waals surface area contributed by atoms with Crippen molar-refractivity contribution < 1.29 is 13.2 Å². The van der Waals surface area contributed by atoms with Gasteiger partial charge < -0.3 is 5.32 Å². The number of sulfonamides is 1. The fourth-order valence-corrected chi connectivity index (χ4v) is 1.81. The van der Waals surface area contributed by atoms with Crippen LogP contribution in [0.5, 0.6) is 0 Å². The number of nitrogens with one attached hydrogen (secondary N) is 2. The van der Waals surface area contributed by atoms with Gasteiger partial charge >= 0.3 is 0 Å². The molecule has 7 heteroatoms. The number of hydrogen-bond acceptors (Lipinski definition) is 3. The summed E-state index contributed by atoms with van der Waals surface area (Å²) < 4.78 is 24.3. The van der Waals surface area contributed by atoms with Crippen molar-refractivity contribution in [3.05, 3.63) is 34.9 Å². The van der Waals surface area contributed by atoms with Crippen LogP contribution in [-0.2, 0) is 10.0 Å². The summed E-state index contributed by atoms with van der Waals surface area (Å²) in [6.07, 6.45) is 0. The molecule has 0 radical (unpaired) electrons. The van der Waals surface area contributed by atoms with Gasteiger partial charge in [0.15, 0.2) is 0 Å². The van der Waals surface area contributed by atoms with Crippen LogP contribution in [0.1, 0.15) is 10.4 Å². The van der Waals surface area contributed by atoms with E-state index in [1.54, 1.807) is 24.3 Å². The molecule has 0 fully saturated rings. The molecule has 5 nitrogen and oxygen atoms in total. The van der Waals surface area contributed by atoms with E-state index in [0.29, 0.717) is 10.6 Å². The van der Waals surface area contributed by atoms with Crippen molar-refractivity contribution in [2.45, 2.75) is 0 Å². The zero-order valence-corrected chi connectivity index (χ0v) is 10.8. The fraction of sp³-hybridized carbons (Fsp3) is 0.300. The maximum Gasteiger partial charge on any atom is 0.251 e. The minimum atomic E-state index is -3.29. The van der Waals surface area contributed by atoms with Gasteiger partial charge in [-0.25, -0.2) is 13.1 Å². The first-order valence-corrected chi connectivity index (χ1v) is 6.92. The van der Waals surface area contributed by atoms with E-state index in [4.69, 9.17) is 11.6 Å². The summed E-state index contributed by atoms with van der Waals surface area (Å²) in [4.78, 5) is 11.6. The summed E-state index contributed by atoms with van der Waals surface area (Å²) in [5, 5.41) is 3.05. The number of amides is 1. The molecule has 0 aliphatic rings. The number of halogens is 1. The second-order valence-corrected chi connectivity index (χ2v) is 5.77. The lowest BCUT2D eigenvalue weighted by Crippen LogP contribution is -2.32. The van der Waals surface area contributed by atoms with E-state index in [1.165, 1.54) is 7.05 Å². The first kappa shape index (κ1) is 14.0. The van der Waals surface area contributed by atoms with E-state index >= 15 is 0 Å². The average molecular weight is 277 g/mol. The zero-order chi connectivity index (χ0) is 12.9. The molecular weight excluding hydrogens is 264 g/mol. The van der Waals surface area contributed by atoms with Gasteiger partial charge in [-0.2, -0.15) is 0 Å². The number of carbonyl (C=O) groups excluding carboxylic acids is 1. The van der Waals surface area contributed by atoms with Gasteiger partial charge in [0, 0.05) is 17.1 Å². The number of benzene rings is 1. The van der Waals surface area contributed by atoms with Gasteiger partial charge in [0.05, 0.1) is 5.75 Å². The highest BCUT2D eigenvalue weighted by molar-refractivity contribution is 7.89. The smallest absolute Gasteiger partial charge is 0.251 e. The van der Waals surface area contributed by atoms with E-state index in [9.17, 15) is 13.2 Å². The predicted octanol–water partition coefficient (Wildman–Crippen LogP) is 0.619. The Morgan fingerprint density at radius 3 is 2.41 bits per heavy atom. The molecule has 1 aromatic carbocycles. The van der Waals surface area contributed by atoms with Crippen molar-refractivity contribution in [3.8, 4) is 0 Å². The third-order valence-corrected chi connectivity index (χ3v) is 3.69. The molecule has 17 heavy (non-hydrogen) atoms. The van der Waals surface area contributed by atoms with Gasteiger partial charge in [0.2, 0.25) is 10.0 Å². The minimum absolute atomic E-state index is 0.0602. The van der Waals surface area contributed by atoms with Crippen molar-refractivity contribution in [2.24, 2.45) is 0 Å². The van der Waals surface area contributed by atoms with Crippen LogP contribution in [0.25, 0.3) is 0 Å². The van der Waals surface area contributed by atoms with Crippen LogP contribution in [0.3, 0.4) is 0 Å². The maximum atomic E-state index is 11.6. The molecule has 0 bridgehead atoms. The van der Waals surface area contributed by atoms with E-state index in [0.717, 1.165) is 0 Å². The Morgan fingerprint density at radius 2 is 1.88 bits per heavy atom. The third kappa shape index (κ3) is 4.72. The molecule has 0 aromatic heterocycles. The van der Waals surface area contributed by atoms with Crippen LogP contribution in [0.2, 0.25) is 5.02 Å². The first-order valence-electron chi connectivity index (χ1n) is 4.89. The minimum Gasteiger partial charge on any atom is -0.351 e. The molecule has 0 spiro atoms. The van der Waals surface area contributed by atoms with Crippen LogP contribution in [0, 0.1) is 0 Å². The van der Waals surface area contributed by atoms with E-state index in [-0.39, 0.29) is 18.2 Å². The van der Waals surface area contributed by atoms with Gasteiger partial charge in [-0.1, -0.05) is 11.6 Å². The Balaban J connectivity index is 2.48. The highest BCUT2D eigenvalue weighted by Crippen LogP contribution is 2.09. The summed E-state index contributed by atoms with van der Waals surface area (Å²) in [6.45, 7) is 0.0602. The van der Waals surface area contributed by atoms with Gasteiger partial charge in [0.1, 0.15) is 0 Å². The molecule has 1 rings (SSSR count).